The number of hydrogen-bond acceptors (Lipinski definition) is 7. The topological polar surface area (TPSA) is 169 Å². The highest BCUT2D eigenvalue weighted by Crippen LogP contribution is 2.28. The van der Waals surface area contributed by atoms with E-state index in [2.05, 4.69) is 10.6 Å². The Labute approximate surface area is 125 Å². The third-order valence-corrected chi connectivity index (χ3v) is 3.79. The summed E-state index contributed by atoms with van der Waals surface area (Å²) in [5.74, 6) is -1.34. The Morgan fingerprint density at radius 2 is 1.86 bits per heavy atom. The van der Waals surface area contributed by atoms with E-state index in [-0.39, 0.29) is 11.3 Å². The first-order valence-electron chi connectivity index (χ1n) is 6.60. The molecule has 0 saturated carbocycles. The van der Waals surface area contributed by atoms with Crippen LogP contribution in [-0.2, 0) is 9.53 Å². The van der Waals surface area contributed by atoms with E-state index in [0.29, 0.717) is 0 Å². The number of urea groups is 1. The van der Waals surface area contributed by atoms with Crippen molar-refractivity contribution in [3.05, 3.63) is 11.3 Å². The molecule has 2 heterocycles. The fourth-order valence-corrected chi connectivity index (χ4v) is 2.67. The van der Waals surface area contributed by atoms with Gasteiger partial charge in [-0.15, -0.1) is 0 Å². The highest BCUT2D eigenvalue weighted by Gasteiger charge is 2.49. The lowest BCUT2D eigenvalue weighted by Gasteiger charge is -2.44. The third-order valence-electron chi connectivity index (χ3n) is 3.79. The van der Waals surface area contributed by atoms with E-state index in [9.17, 15) is 30.0 Å². The molecular formula is C12H18N2O8. The number of amides is 2. The Morgan fingerprint density at radius 1 is 1.23 bits per heavy atom. The maximum absolute atomic E-state index is 11.6. The first-order valence-corrected chi connectivity index (χ1v) is 6.60. The number of rotatable bonds is 3. The van der Waals surface area contributed by atoms with Crippen molar-refractivity contribution in [3.63, 3.8) is 0 Å². The quantitative estimate of drug-likeness (QED) is 0.286. The highest BCUT2D eigenvalue weighted by molar-refractivity contribution is 5.93. The van der Waals surface area contributed by atoms with Gasteiger partial charge in [0.05, 0.1) is 18.2 Å². The van der Waals surface area contributed by atoms with Gasteiger partial charge in [0.25, 0.3) is 0 Å². The Bertz CT molecular complexity index is 505. The molecule has 22 heavy (non-hydrogen) atoms. The van der Waals surface area contributed by atoms with Crippen LogP contribution in [-0.4, -0.2) is 80.7 Å². The molecule has 0 aromatic rings. The number of allylic oxidation sites excluding steroid dienone is 1. The maximum Gasteiger partial charge on any atom is 0.335 e. The molecule has 0 aromatic heterocycles. The average Bonchev–Trinajstić information content (AvgIpc) is 2.43. The van der Waals surface area contributed by atoms with Crippen molar-refractivity contribution < 1.29 is 39.9 Å². The largest absolute Gasteiger partial charge is 0.478 e. The molecule has 6 atom stereocenters. The van der Waals surface area contributed by atoms with Gasteiger partial charge in [0.1, 0.15) is 30.5 Å². The van der Waals surface area contributed by atoms with Crippen molar-refractivity contribution in [2.24, 2.45) is 0 Å². The van der Waals surface area contributed by atoms with E-state index in [1.54, 1.807) is 0 Å². The molecule has 2 aliphatic heterocycles. The van der Waals surface area contributed by atoms with Gasteiger partial charge in [-0.1, -0.05) is 0 Å². The lowest BCUT2D eigenvalue weighted by molar-refractivity contribution is -0.232. The van der Waals surface area contributed by atoms with Crippen molar-refractivity contribution >= 4 is 12.0 Å². The number of carbonyl (C=O) groups excluding carboxylic acids is 1. The summed E-state index contributed by atoms with van der Waals surface area (Å²) >= 11 is 0. The standard InChI is InChI=1S/C12H18N2O8/c1-3-5(11(19)20)6(14-12(21)13-3)10-9(18)8(17)7(16)4(2-15)22-10/h4,6-10,15-18H,2H2,1H3,(H,19,20)(H2,13,14,21)/t4-,6-,7+,8+,9-,10+/m1/s1. The lowest BCUT2D eigenvalue weighted by atomic mass is 9.87. The number of aliphatic hydroxyl groups is 4. The second-order valence-electron chi connectivity index (χ2n) is 5.21. The van der Waals surface area contributed by atoms with Gasteiger partial charge in [0.2, 0.25) is 0 Å². The van der Waals surface area contributed by atoms with Gasteiger partial charge in [-0.05, 0) is 6.92 Å². The van der Waals surface area contributed by atoms with E-state index in [4.69, 9.17) is 9.84 Å². The van der Waals surface area contributed by atoms with Crippen LogP contribution in [0.15, 0.2) is 11.3 Å². The number of carboxylic acid groups (broad SMARTS) is 1. The van der Waals surface area contributed by atoms with E-state index < -0.39 is 55.2 Å². The zero-order valence-electron chi connectivity index (χ0n) is 11.6. The summed E-state index contributed by atoms with van der Waals surface area (Å²) in [6.07, 6.45) is -7.40. The van der Waals surface area contributed by atoms with Crippen molar-refractivity contribution in [2.75, 3.05) is 6.61 Å². The molecule has 0 radical (unpaired) electrons. The van der Waals surface area contributed by atoms with Crippen molar-refractivity contribution in [1.29, 1.82) is 0 Å². The minimum absolute atomic E-state index is 0.0678. The van der Waals surface area contributed by atoms with Gasteiger partial charge in [0.15, 0.2) is 0 Å². The Hall–Kier alpha value is -1.72. The molecule has 10 nitrogen and oxygen atoms in total. The summed E-state index contributed by atoms with van der Waals surface area (Å²) < 4.78 is 5.30. The fraction of sp³-hybridized carbons (Fsp3) is 0.667. The second kappa shape index (κ2) is 6.18. The molecule has 124 valence electrons. The number of nitrogens with one attached hydrogen (secondary N) is 2. The Balaban J connectivity index is 2.37. The van der Waals surface area contributed by atoms with Crippen LogP contribution in [0.25, 0.3) is 0 Å². The van der Waals surface area contributed by atoms with Crippen LogP contribution in [0.5, 0.6) is 0 Å². The molecule has 2 rings (SSSR count). The monoisotopic (exact) mass is 318 g/mol. The van der Waals surface area contributed by atoms with Gasteiger partial charge in [-0.3, -0.25) is 0 Å². The number of aliphatic hydroxyl groups excluding tert-OH is 4. The molecule has 1 fully saturated rings. The number of carboxylic acids is 1. The van der Waals surface area contributed by atoms with Gasteiger partial charge < -0.3 is 40.9 Å². The molecule has 10 heteroatoms. The first-order chi connectivity index (χ1) is 10.3. The summed E-state index contributed by atoms with van der Waals surface area (Å²) in [6.45, 7) is 0.727. The summed E-state index contributed by atoms with van der Waals surface area (Å²) in [5, 5.41) is 52.6. The fourth-order valence-electron chi connectivity index (χ4n) is 2.67. The minimum atomic E-state index is -1.65. The smallest absolute Gasteiger partial charge is 0.335 e. The molecule has 7 N–H and O–H groups in total. The van der Waals surface area contributed by atoms with Crippen LogP contribution < -0.4 is 10.6 Å². The van der Waals surface area contributed by atoms with Crippen LogP contribution in [0, 0.1) is 0 Å². The molecule has 0 spiro atoms. The predicted octanol–water partition coefficient (Wildman–Crippen LogP) is -3.13. The van der Waals surface area contributed by atoms with Gasteiger partial charge >= 0.3 is 12.0 Å². The zero-order valence-corrected chi connectivity index (χ0v) is 11.6. The number of ether oxygens (including phenoxy) is 1. The van der Waals surface area contributed by atoms with Gasteiger partial charge in [-0.2, -0.15) is 0 Å². The number of hydrogen-bond donors (Lipinski definition) is 7. The molecule has 2 aliphatic rings. The summed E-state index contributed by atoms with van der Waals surface area (Å²) in [7, 11) is 0. The van der Waals surface area contributed by atoms with E-state index in [0.717, 1.165) is 0 Å². The first kappa shape index (κ1) is 16.6. The van der Waals surface area contributed by atoms with Crippen LogP contribution >= 0.6 is 0 Å². The van der Waals surface area contributed by atoms with Crippen LogP contribution in [0.2, 0.25) is 0 Å². The molecule has 1 saturated heterocycles. The zero-order chi connectivity index (χ0) is 16.6. The van der Waals surface area contributed by atoms with Crippen LogP contribution in [0.1, 0.15) is 6.92 Å². The Morgan fingerprint density at radius 3 is 2.41 bits per heavy atom. The van der Waals surface area contributed by atoms with Crippen LogP contribution in [0.3, 0.4) is 0 Å². The predicted molar refractivity (Wildman–Crippen MR) is 69.6 cm³/mol. The van der Waals surface area contributed by atoms with Crippen molar-refractivity contribution in [2.45, 2.75) is 43.5 Å². The van der Waals surface area contributed by atoms with Gasteiger partial charge in [-0.25, -0.2) is 9.59 Å². The molecule has 0 bridgehead atoms. The van der Waals surface area contributed by atoms with E-state index in [1.165, 1.54) is 6.92 Å². The molecular weight excluding hydrogens is 300 g/mol. The van der Waals surface area contributed by atoms with Crippen molar-refractivity contribution in [1.82, 2.24) is 10.6 Å². The average molecular weight is 318 g/mol. The maximum atomic E-state index is 11.6. The normalized spacial score (nSPS) is 39.2. The highest BCUT2D eigenvalue weighted by atomic mass is 16.5. The van der Waals surface area contributed by atoms with Crippen molar-refractivity contribution in [3.8, 4) is 0 Å². The Kier molecular flexibility index (Phi) is 4.68. The van der Waals surface area contributed by atoms with E-state index in [1.807, 2.05) is 0 Å². The molecule has 0 unspecified atom stereocenters. The molecule has 2 amide bonds. The van der Waals surface area contributed by atoms with Gasteiger partial charge in [0, 0.05) is 5.70 Å². The minimum Gasteiger partial charge on any atom is -0.478 e. The summed E-state index contributed by atoms with van der Waals surface area (Å²) in [5.41, 5.74) is -0.179. The summed E-state index contributed by atoms with van der Waals surface area (Å²) in [6, 6.07) is -1.94. The molecule has 0 aliphatic carbocycles. The lowest BCUT2D eigenvalue weighted by Crippen LogP contribution is -2.66. The third kappa shape index (κ3) is 2.78. The second-order valence-corrected chi connectivity index (χ2v) is 5.21. The molecule has 0 aromatic carbocycles. The van der Waals surface area contributed by atoms with Crippen LogP contribution in [0.4, 0.5) is 4.79 Å². The SMILES string of the molecule is CC1=C(C(=O)O)[C@H]([C@@H]2O[C@H](CO)[C@H](O)[C@H](O)[C@H]2O)NC(=O)N1. The number of aliphatic carboxylic acids is 1. The number of carbonyl (C=O) groups is 2. The summed E-state index contributed by atoms with van der Waals surface area (Å²) in [4.78, 5) is 22.9. The van der Waals surface area contributed by atoms with E-state index >= 15 is 0 Å².